The Bertz CT molecular complexity index is 1090. The first kappa shape index (κ1) is 18.5. The summed E-state index contributed by atoms with van der Waals surface area (Å²) in [5.74, 6) is 5.85. The van der Waals surface area contributed by atoms with E-state index in [4.69, 9.17) is 11.6 Å². The van der Waals surface area contributed by atoms with Crippen LogP contribution in [0.5, 0.6) is 0 Å². The summed E-state index contributed by atoms with van der Waals surface area (Å²) in [6.07, 6.45) is 2.46. The molecule has 0 unspecified atom stereocenters. The van der Waals surface area contributed by atoms with Crippen molar-refractivity contribution in [1.29, 1.82) is 0 Å². The quantitative estimate of drug-likeness (QED) is 0.641. The van der Waals surface area contributed by atoms with Crippen molar-refractivity contribution >= 4 is 28.3 Å². The molecule has 4 nitrogen and oxygen atoms in total. The van der Waals surface area contributed by atoms with Crippen molar-refractivity contribution in [1.82, 2.24) is 9.88 Å². The number of halogens is 1. The molecule has 2 heterocycles. The van der Waals surface area contributed by atoms with E-state index in [1.165, 1.54) is 0 Å². The molecule has 0 bridgehead atoms. The summed E-state index contributed by atoms with van der Waals surface area (Å²) < 4.78 is 0. The summed E-state index contributed by atoms with van der Waals surface area (Å²) >= 11 is 5.97. The zero-order valence-electron chi connectivity index (χ0n) is 15.2. The number of likely N-dealkylation sites (tertiary alicyclic amines) is 1. The molecule has 1 amide bonds. The largest absolute Gasteiger partial charge is 0.377 e. The van der Waals surface area contributed by atoms with Crippen molar-refractivity contribution in [3.8, 4) is 11.8 Å². The van der Waals surface area contributed by atoms with Gasteiger partial charge in [0.15, 0.2) is 0 Å². The first-order valence-electron chi connectivity index (χ1n) is 9.18. The molecule has 28 heavy (non-hydrogen) atoms. The van der Waals surface area contributed by atoms with E-state index in [2.05, 4.69) is 16.8 Å². The molecule has 1 N–H and O–H groups in total. The van der Waals surface area contributed by atoms with E-state index in [0.29, 0.717) is 36.6 Å². The van der Waals surface area contributed by atoms with Gasteiger partial charge in [0.2, 0.25) is 0 Å². The van der Waals surface area contributed by atoms with Gasteiger partial charge in [-0.3, -0.25) is 9.78 Å². The lowest BCUT2D eigenvalue weighted by Gasteiger charge is -2.35. The lowest BCUT2D eigenvalue weighted by Crippen LogP contribution is -2.46. The molecule has 2 aromatic carbocycles. The van der Waals surface area contributed by atoms with Crippen LogP contribution in [0, 0.1) is 11.8 Å². The number of pyridine rings is 1. The van der Waals surface area contributed by atoms with Crippen LogP contribution in [0.1, 0.15) is 28.9 Å². The van der Waals surface area contributed by atoms with E-state index < -0.39 is 5.60 Å². The van der Waals surface area contributed by atoms with E-state index in [9.17, 15) is 9.90 Å². The number of hydrogen-bond acceptors (Lipinski definition) is 3. The van der Waals surface area contributed by atoms with Gasteiger partial charge in [0.25, 0.3) is 5.91 Å². The highest BCUT2D eigenvalue weighted by atomic mass is 35.5. The van der Waals surface area contributed by atoms with Gasteiger partial charge in [-0.25, -0.2) is 0 Å². The number of hydrogen-bond donors (Lipinski definition) is 1. The van der Waals surface area contributed by atoms with Crippen molar-refractivity contribution in [2.24, 2.45) is 0 Å². The second-order valence-electron chi connectivity index (χ2n) is 6.96. The van der Waals surface area contributed by atoms with Crippen molar-refractivity contribution in [2.45, 2.75) is 18.4 Å². The Morgan fingerprint density at radius 2 is 1.89 bits per heavy atom. The fraction of sp³-hybridized carbons (Fsp3) is 0.217. The third kappa shape index (κ3) is 3.87. The molecule has 0 atom stereocenters. The van der Waals surface area contributed by atoms with Gasteiger partial charge in [-0.2, -0.15) is 0 Å². The highest BCUT2D eigenvalue weighted by Gasteiger charge is 2.33. The van der Waals surface area contributed by atoms with Crippen LogP contribution in [0.25, 0.3) is 10.8 Å². The molecule has 0 aliphatic carbocycles. The first-order valence-corrected chi connectivity index (χ1v) is 9.56. The summed E-state index contributed by atoms with van der Waals surface area (Å²) in [7, 11) is 0. The van der Waals surface area contributed by atoms with Crippen LogP contribution < -0.4 is 0 Å². The monoisotopic (exact) mass is 390 g/mol. The number of aromatic nitrogens is 1. The Morgan fingerprint density at radius 3 is 2.68 bits per heavy atom. The van der Waals surface area contributed by atoms with E-state index in [0.717, 1.165) is 16.3 Å². The average Bonchev–Trinajstić information content (AvgIpc) is 2.72. The van der Waals surface area contributed by atoms with Crippen molar-refractivity contribution in [3.05, 3.63) is 77.1 Å². The van der Waals surface area contributed by atoms with Crippen LogP contribution in [-0.2, 0) is 0 Å². The molecule has 1 aromatic heterocycles. The maximum Gasteiger partial charge on any atom is 0.273 e. The van der Waals surface area contributed by atoms with Gasteiger partial charge < -0.3 is 10.0 Å². The van der Waals surface area contributed by atoms with Gasteiger partial charge in [0.05, 0.1) is 0 Å². The van der Waals surface area contributed by atoms with Crippen LogP contribution in [0.15, 0.2) is 60.8 Å². The predicted molar refractivity (Wildman–Crippen MR) is 110 cm³/mol. The number of carbonyl (C=O) groups is 1. The molecular weight excluding hydrogens is 372 g/mol. The number of piperidine rings is 1. The zero-order chi connectivity index (χ0) is 19.6. The molecule has 5 heteroatoms. The predicted octanol–water partition coefficient (Wildman–Crippen LogP) is 3.91. The van der Waals surface area contributed by atoms with Gasteiger partial charge >= 0.3 is 0 Å². The lowest BCUT2D eigenvalue weighted by molar-refractivity contribution is 0.0247. The number of aliphatic hydroxyl groups is 1. The highest BCUT2D eigenvalue weighted by molar-refractivity contribution is 6.30. The summed E-state index contributed by atoms with van der Waals surface area (Å²) in [5, 5.41) is 13.2. The molecule has 1 aliphatic rings. The maximum absolute atomic E-state index is 13.0. The number of nitrogens with zero attached hydrogens (tertiary/aromatic N) is 2. The Morgan fingerprint density at radius 1 is 1.11 bits per heavy atom. The number of amides is 1. The number of carbonyl (C=O) groups excluding carboxylic acids is 1. The average molecular weight is 391 g/mol. The topological polar surface area (TPSA) is 53.4 Å². The van der Waals surface area contributed by atoms with Gasteiger partial charge in [0, 0.05) is 48.1 Å². The zero-order valence-corrected chi connectivity index (χ0v) is 16.0. The standard InChI is InChI=1S/C23H19ClN2O2/c24-19-6-3-4-17(16-19)8-10-23(28)11-14-26(15-12-23)22(27)21-20-7-2-1-5-18(20)9-13-25-21/h1-7,9,13,16,28H,11-12,14-15H2. The van der Waals surface area contributed by atoms with E-state index in [-0.39, 0.29) is 5.91 Å². The molecule has 4 rings (SSSR count). The van der Waals surface area contributed by atoms with Crippen LogP contribution in [0.3, 0.4) is 0 Å². The van der Waals surface area contributed by atoms with E-state index in [1.54, 1.807) is 23.2 Å². The lowest BCUT2D eigenvalue weighted by atomic mass is 9.91. The van der Waals surface area contributed by atoms with E-state index >= 15 is 0 Å². The molecule has 0 saturated carbocycles. The fourth-order valence-corrected chi connectivity index (χ4v) is 3.59. The van der Waals surface area contributed by atoms with Crippen LogP contribution in [0.2, 0.25) is 5.02 Å². The smallest absolute Gasteiger partial charge is 0.273 e. The summed E-state index contributed by atoms with van der Waals surface area (Å²) in [6, 6.07) is 16.8. The summed E-state index contributed by atoms with van der Waals surface area (Å²) in [5.41, 5.74) is 0.110. The summed E-state index contributed by atoms with van der Waals surface area (Å²) in [4.78, 5) is 19.0. The molecule has 1 fully saturated rings. The second kappa shape index (κ2) is 7.63. The van der Waals surface area contributed by atoms with Crippen LogP contribution in [-0.4, -0.2) is 39.6 Å². The second-order valence-corrected chi connectivity index (χ2v) is 7.40. The van der Waals surface area contributed by atoms with Crippen LogP contribution in [0.4, 0.5) is 0 Å². The first-order chi connectivity index (χ1) is 13.5. The van der Waals surface area contributed by atoms with Gasteiger partial charge in [-0.1, -0.05) is 53.8 Å². The SMILES string of the molecule is O=C(c1nccc2ccccc12)N1CCC(O)(C#Cc2cccc(Cl)c2)CC1. The van der Waals surface area contributed by atoms with Gasteiger partial charge in [0.1, 0.15) is 11.3 Å². The number of fused-ring (bicyclic) bond motifs is 1. The molecule has 0 radical (unpaired) electrons. The Labute approximate surface area is 168 Å². The normalized spacial score (nSPS) is 15.7. The Kier molecular flexibility index (Phi) is 5.04. The highest BCUT2D eigenvalue weighted by Crippen LogP contribution is 2.25. The number of rotatable bonds is 1. The Balaban J connectivity index is 1.48. The maximum atomic E-state index is 13.0. The molecule has 1 saturated heterocycles. The summed E-state index contributed by atoms with van der Waals surface area (Å²) in [6.45, 7) is 0.870. The Hall–Kier alpha value is -2.87. The molecule has 3 aromatic rings. The third-order valence-corrected chi connectivity index (χ3v) is 5.25. The minimum absolute atomic E-state index is 0.110. The number of benzene rings is 2. The van der Waals surface area contributed by atoms with Crippen LogP contribution >= 0.6 is 11.6 Å². The third-order valence-electron chi connectivity index (χ3n) is 5.02. The van der Waals surface area contributed by atoms with Crippen molar-refractivity contribution in [2.75, 3.05) is 13.1 Å². The fourth-order valence-electron chi connectivity index (χ4n) is 3.40. The van der Waals surface area contributed by atoms with Crippen molar-refractivity contribution in [3.63, 3.8) is 0 Å². The van der Waals surface area contributed by atoms with Gasteiger partial charge in [-0.15, -0.1) is 0 Å². The van der Waals surface area contributed by atoms with Gasteiger partial charge in [-0.05, 0) is 29.7 Å². The molecule has 1 aliphatic heterocycles. The molecule has 0 spiro atoms. The molecule has 140 valence electrons. The minimum Gasteiger partial charge on any atom is -0.377 e. The van der Waals surface area contributed by atoms with Crippen molar-refractivity contribution < 1.29 is 9.90 Å². The minimum atomic E-state index is -1.11. The van der Waals surface area contributed by atoms with E-state index in [1.807, 2.05) is 42.5 Å². The molecular formula is C23H19ClN2O2.